The Kier molecular flexibility index (Phi) is 7.75. The molecule has 6 heteroatoms. The molecule has 2 atom stereocenters. The Bertz CT molecular complexity index is 616. The summed E-state index contributed by atoms with van der Waals surface area (Å²) in [6.07, 6.45) is 6.25. The zero-order valence-corrected chi connectivity index (χ0v) is 16.2. The number of hydrogen-bond acceptors (Lipinski definition) is 5. The predicted molar refractivity (Wildman–Crippen MR) is 102 cm³/mol. The third kappa shape index (κ3) is 6.24. The van der Waals surface area contributed by atoms with Crippen molar-refractivity contribution in [3.8, 4) is 11.5 Å². The van der Waals surface area contributed by atoms with E-state index in [0.717, 1.165) is 12.0 Å². The molecule has 1 amide bonds. The Morgan fingerprint density at radius 2 is 2.08 bits per heavy atom. The largest absolute Gasteiger partial charge is 0.493 e. The highest BCUT2D eigenvalue weighted by molar-refractivity contribution is 5.81. The molecule has 0 spiro atoms. The van der Waals surface area contributed by atoms with Crippen molar-refractivity contribution in [2.24, 2.45) is 11.1 Å². The van der Waals surface area contributed by atoms with Crippen molar-refractivity contribution in [3.63, 3.8) is 0 Å². The van der Waals surface area contributed by atoms with E-state index in [1.807, 2.05) is 32.0 Å². The van der Waals surface area contributed by atoms with Crippen molar-refractivity contribution in [1.29, 1.82) is 0 Å². The molecular weight excluding hydrogens is 332 g/mol. The fraction of sp³-hybridized carbons (Fsp3) is 0.600. The number of ether oxygens (including phenoxy) is 2. The SMILES string of the molecule is COc1cc(/C=N\OCC(=O)N[C@H]2CCCC[C@@H]2C)ccc1OC(C)C. The zero-order chi connectivity index (χ0) is 18.9. The van der Waals surface area contributed by atoms with Gasteiger partial charge in [-0.05, 0) is 50.8 Å². The molecule has 0 radical (unpaired) electrons. The first-order valence-corrected chi connectivity index (χ1v) is 9.29. The van der Waals surface area contributed by atoms with Crippen LogP contribution in [0, 0.1) is 5.92 Å². The van der Waals surface area contributed by atoms with Crippen LogP contribution in [0.4, 0.5) is 0 Å². The van der Waals surface area contributed by atoms with Crippen LogP contribution in [0.2, 0.25) is 0 Å². The van der Waals surface area contributed by atoms with E-state index in [1.165, 1.54) is 19.3 Å². The van der Waals surface area contributed by atoms with Crippen molar-refractivity contribution < 1.29 is 19.1 Å². The van der Waals surface area contributed by atoms with E-state index in [4.69, 9.17) is 14.3 Å². The van der Waals surface area contributed by atoms with Gasteiger partial charge in [-0.2, -0.15) is 0 Å². The van der Waals surface area contributed by atoms with E-state index in [2.05, 4.69) is 17.4 Å². The maximum Gasteiger partial charge on any atom is 0.261 e. The second kappa shape index (κ2) is 10.0. The fourth-order valence-corrected chi connectivity index (χ4v) is 3.09. The van der Waals surface area contributed by atoms with Crippen LogP contribution >= 0.6 is 0 Å². The molecule has 6 nitrogen and oxygen atoms in total. The van der Waals surface area contributed by atoms with Crippen LogP contribution in [0.1, 0.15) is 52.0 Å². The highest BCUT2D eigenvalue weighted by atomic mass is 16.6. The molecule has 1 aliphatic rings. The molecule has 0 unspecified atom stereocenters. The molecule has 1 aromatic carbocycles. The topological polar surface area (TPSA) is 69.2 Å². The number of oxime groups is 1. The van der Waals surface area contributed by atoms with Gasteiger partial charge in [0.1, 0.15) is 0 Å². The molecule has 0 aliphatic heterocycles. The highest BCUT2D eigenvalue weighted by Crippen LogP contribution is 2.28. The summed E-state index contributed by atoms with van der Waals surface area (Å²) in [4.78, 5) is 17.1. The smallest absolute Gasteiger partial charge is 0.261 e. The lowest BCUT2D eigenvalue weighted by atomic mass is 9.86. The quantitative estimate of drug-likeness (QED) is 0.567. The average Bonchev–Trinajstić information content (AvgIpc) is 2.61. The molecule has 0 saturated heterocycles. The van der Waals surface area contributed by atoms with Gasteiger partial charge in [0.05, 0.1) is 19.4 Å². The summed E-state index contributed by atoms with van der Waals surface area (Å²) in [6, 6.07) is 5.75. The number of carbonyl (C=O) groups is 1. The van der Waals surface area contributed by atoms with E-state index in [9.17, 15) is 4.79 Å². The molecule has 1 fully saturated rings. The minimum Gasteiger partial charge on any atom is -0.493 e. The number of nitrogens with one attached hydrogen (secondary N) is 1. The summed E-state index contributed by atoms with van der Waals surface area (Å²) in [7, 11) is 1.59. The van der Waals surface area contributed by atoms with Crippen LogP contribution in [0.3, 0.4) is 0 Å². The van der Waals surface area contributed by atoms with Crippen LogP contribution in [0.5, 0.6) is 11.5 Å². The maximum atomic E-state index is 12.0. The molecule has 0 bridgehead atoms. The average molecular weight is 362 g/mol. The van der Waals surface area contributed by atoms with E-state index in [0.29, 0.717) is 17.4 Å². The Balaban J connectivity index is 1.81. The second-order valence-electron chi connectivity index (χ2n) is 7.02. The molecule has 2 rings (SSSR count). The Hall–Kier alpha value is -2.24. The molecule has 0 aromatic heterocycles. The van der Waals surface area contributed by atoms with Gasteiger partial charge in [-0.1, -0.05) is 24.9 Å². The van der Waals surface area contributed by atoms with Crippen LogP contribution in [0.25, 0.3) is 0 Å². The first-order chi connectivity index (χ1) is 12.5. The van der Waals surface area contributed by atoms with Crippen molar-refractivity contribution >= 4 is 12.1 Å². The summed E-state index contributed by atoms with van der Waals surface area (Å²) in [6.45, 7) is 6.03. The molecular formula is C20H30N2O4. The number of hydrogen-bond donors (Lipinski definition) is 1. The van der Waals surface area contributed by atoms with Crippen LogP contribution in [-0.2, 0) is 9.63 Å². The van der Waals surface area contributed by atoms with Gasteiger partial charge in [0.15, 0.2) is 18.1 Å². The van der Waals surface area contributed by atoms with Gasteiger partial charge in [0, 0.05) is 11.6 Å². The number of carbonyl (C=O) groups excluding carboxylic acids is 1. The fourth-order valence-electron chi connectivity index (χ4n) is 3.09. The van der Waals surface area contributed by atoms with Gasteiger partial charge < -0.3 is 19.6 Å². The van der Waals surface area contributed by atoms with Gasteiger partial charge >= 0.3 is 0 Å². The van der Waals surface area contributed by atoms with Gasteiger partial charge in [-0.3, -0.25) is 4.79 Å². The number of benzene rings is 1. The van der Waals surface area contributed by atoms with E-state index in [1.54, 1.807) is 13.3 Å². The number of methoxy groups -OCH3 is 1. The minimum atomic E-state index is -0.126. The molecule has 26 heavy (non-hydrogen) atoms. The number of nitrogens with zero attached hydrogens (tertiary/aromatic N) is 1. The zero-order valence-electron chi connectivity index (χ0n) is 16.2. The summed E-state index contributed by atoms with van der Waals surface area (Å²) >= 11 is 0. The van der Waals surface area contributed by atoms with Crippen molar-refractivity contribution in [3.05, 3.63) is 23.8 Å². The molecule has 1 N–H and O–H groups in total. The third-order valence-electron chi connectivity index (χ3n) is 4.48. The predicted octanol–water partition coefficient (Wildman–Crippen LogP) is 3.53. The van der Waals surface area contributed by atoms with E-state index >= 15 is 0 Å². The molecule has 1 aromatic rings. The van der Waals surface area contributed by atoms with Crippen molar-refractivity contribution in [2.45, 2.75) is 58.6 Å². The summed E-state index contributed by atoms with van der Waals surface area (Å²) in [5, 5.41) is 6.91. The number of rotatable bonds is 8. The monoisotopic (exact) mass is 362 g/mol. The Morgan fingerprint density at radius 3 is 2.77 bits per heavy atom. The highest BCUT2D eigenvalue weighted by Gasteiger charge is 2.22. The lowest BCUT2D eigenvalue weighted by Gasteiger charge is -2.29. The third-order valence-corrected chi connectivity index (χ3v) is 4.48. The first-order valence-electron chi connectivity index (χ1n) is 9.29. The van der Waals surface area contributed by atoms with Crippen LogP contribution in [0.15, 0.2) is 23.4 Å². The van der Waals surface area contributed by atoms with Crippen LogP contribution in [-0.4, -0.2) is 38.0 Å². The minimum absolute atomic E-state index is 0.0668. The summed E-state index contributed by atoms with van der Waals surface area (Å²) in [5.41, 5.74) is 0.805. The molecule has 0 heterocycles. The normalized spacial score (nSPS) is 20.2. The van der Waals surface area contributed by atoms with Crippen molar-refractivity contribution in [2.75, 3.05) is 13.7 Å². The second-order valence-corrected chi connectivity index (χ2v) is 7.02. The standard InChI is InChI=1S/C20H30N2O4/c1-14(2)26-18-10-9-16(11-19(18)24-4)12-21-25-13-20(23)22-17-8-6-5-7-15(17)3/h9-12,14-15,17H,5-8,13H2,1-4H3,(H,22,23)/b21-12-/t15-,17-/m0/s1. The molecule has 1 saturated carbocycles. The van der Waals surface area contributed by atoms with Gasteiger partial charge in [-0.25, -0.2) is 0 Å². The van der Waals surface area contributed by atoms with Crippen molar-refractivity contribution in [1.82, 2.24) is 5.32 Å². The van der Waals surface area contributed by atoms with Gasteiger partial charge in [0.25, 0.3) is 5.91 Å². The van der Waals surface area contributed by atoms with E-state index in [-0.39, 0.29) is 24.7 Å². The molecule has 1 aliphatic carbocycles. The Morgan fingerprint density at radius 1 is 1.31 bits per heavy atom. The molecule has 144 valence electrons. The summed E-state index contributed by atoms with van der Waals surface area (Å²) in [5.74, 6) is 1.71. The van der Waals surface area contributed by atoms with E-state index < -0.39 is 0 Å². The summed E-state index contributed by atoms with van der Waals surface area (Å²) < 4.78 is 11.0. The van der Waals surface area contributed by atoms with Gasteiger partial charge in [-0.15, -0.1) is 0 Å². The van der Waals surface area contributed by atoms with Gasteiger partial charge in [0.2, 0.25) is 0 Å². The lowest BCUT2D eigenvalue weighted by Crippen LogP contribution is -2.42. The number of amides is 1. The maximum absolute atomic E-state index is 12.0. The Labute approximate surface area is 155 Å². The van der Waals surface area contributed by atoms with Crippen LogP contribution < -0.4 is 14.8 Å². The first kappa shape index (κ1) is 20.1. The lowest BCUT2D eigenvalue weighted by molar-refractivity contribution is -0.126.